The number of carbonyl (C=O) groups is 2. The number of benzene rings is 2. The molecule has 0 radical (unpaired) electrons. The monoisotopic (exact) mass is 490 g/mol. The molecule has 0 aliphatic carbocycles. The summed E-state index contributed by atoms with van der Waals surface area (Å²) in [7, 11) is -3.69. The van der Waals surface area contributed by atoms with Gasteiger partial charge in [0.1, 0.15) is 5.82 Å². The maximum Gasteiger partial charge on any atom is 0.253 e. The van der Waals surface area contributed by atoms with E-state index in [1.54, 1.807) is 23.1 Å². The number of hydrogen-bond acceptors (Lipinski definition) is 6. The summed E-state index contributed by atoms with van der Waals surface area (Å²) in [6, 6.07) is 11.8. The standard InChI is InChI=1S/C23H27FN4O5S/c24-19-4-2-5-20(16-19)25-22(29)17-26-7-9-27(10-8-26)23(30)18-3-1-6-21(15-18)34(31,32)28-11-13-33-14-12-28/h1-6,15-16H,7-14,17H2,(H,25,29). The van der Waals surface area contributed by atoms with E-state index in [0.717, 1.165) is 0 Å². The number of morpholine rings is 1. The number of ether oxygens (including phenoxy) is 1. The van der Waals surface area contributed by atoms with Gasteiger partial charge < -0.3 is 15.0 Å². The molecule has 34 heavy (non-hydrogen) atoms. The zero-order valence-corrected chi connectivity index (χ0v) is 19.5. The quantitative estimate of drug-likeness (QED) is 0.654. The van der Waals surface area contributed by atoms with E-state index in [0.29, 0.717) is 50.6 Å². The predicted molar refractivity (Wildman–Crippen MR) is 123 cm³/mol. The average Bonchev–Trinajstić information content (AvgIpc) is 2.84. The number of sulfonamides is 1. The minimum atomic E-state index is -3.69. The first-order valence-electron chi connectivity index (χ1n) is 11.1. The molecule has 2 aliphatic heterocycles. The number of halogens is 1. The van der Waals surface area contributed by atoms with Crippen LogP contribution in [0.3, 0.4) is 0 Å². The molecule has 0 atom stereocenters. The van der Waals surface area contributed by atoms with Gasteiger partial charge in [0, 0.05) is 50.5 Å². The van der Waals surface area contributed by atoms with Gasteiger partial charge in [0.2, 0.25) is 15.9 Å². The highest BCUT2D eigenvalue weighted by molar-refractivity contribution is 7.89. The molecule has 0 aromatic heterocycles. The van der Waals surface area contributed by atoms with E-state index in [-0.39, 0.29) is 36.3 Å². The van der Waals surface area contributed by atoms with Gasteiger partial charge in [0.15, 0.2) is 0 Å². The van der Waals surface area contributed by atoms with E-state index >= 15 is 0 Å². The molecule has 2 fully saturated rings. The van der Waals surface area contributed by atoms with Gasteiger partial charge in [-0.3, -0.25) is 14.5 Å². The maximum atomic E-state index is 13.3. The van der Waals surface area contributed by atoms with E-state index in [1.165, 1.54) is 34.6 Å². The van der Waals surface area contributed by atoms with Crippen LogP contribution in [-0.2, 0) is 19.6 Å². The summed E-state index contributed by atoms with van der Waals surface area (Å²) in [5.41, 5.74) is 0.706. The van der Waals surface area contributed by atoms with Crippen LogP contribution in [0, 0.1) is 5.82 Å². The second-order valence-electron chi connectivity index (χ2n) is 8.17. The van der Waals surface area contributed by atoms with Crippen LogP contribution >= 0.6 is 0 Å². The first-order valence-corrected chi connectivity index (χ1v) is 12.5. The molecule has 9 nitrogen and oxygen atoms in total. The van der Waals surface area contributed by atoms with Crippen LogP contribution in [0.4, 0.5) is 10.1 Å². The SMILES string of the molecule is O=C(CN1CCN(C(=O)c2cccc(S(=O)(=O)N3CCOCC3)c2)CC1)Nc1cccc(F)c1. The van der Waals surface area contributed by atoms with Crippen LogP contribution in [0.1, 0.15) is 10.4 Å². The molecule has 0 spiro atoms. The zero-order valence-electron chi connectivity index (χ0n) is 18.7. The molecule has 1 N–H and O–H groups in total. The van der Waals surface area contributed by atoms with Crippen molar-refractivity contribution in [2.45, 2.75) is 4.90 Å². The number of anilines is 1. The molecule has 2 aromatic carbocycles. The number of piperazine rings is 1. The molecule has 2 aliphatic rings. The van der Waals surface area contributed by atoms with Gasteiger partial charge in [0.25, 0.3) is 5.91 Å². The molecule has 182 valence electrons. The fraction of sp³-hybridized carbons (Fsp3) is 0.391. The van der Waals surface area contributed by atoms with E-state index in [2.05, 4.69) is 5.32 Å². The lowest BCUT2D eigenvalue weighted by atomic mass is 10.2. The van der Waals surface area contributed by atoms with Gasteiger partial charge in [0.05, 0.1) is 24.7 Å². The zero-order chi connectivity index (χ0) is 24.1. The largest absolute Gasteiger partial charge is 0.379 e. The molecule has 11 heteroatoms. The lowest BCUT2D eigenvalue weighted by Gasteiger charge is -2.34. The van der Waals surface area contributed by atoms with Crippen LogP contribution in [-0.4, -0.2) is 93.4 Å². The van der Waals surface area contributed by atoms with Crippen molar-refractivity contribution in [3.8, 4) is 0 Å². The molecule has 0 bridgehead atoms. The highest BCUT2D eigenvalue weighted by Gasteiger charge is 2.28. The average molecular weight is 491 g/mol. The minimum Gasteiger partial charge on any atom is -0.379 e. The van der Waals surface area contributed by atoms with Crippen LogP contribution < -0.4 is 5.32 Å². The van der Waals surface area contributed by atoms with Gasteiger partial charge in [-0.1, -0.05) is 12.1 Å². The van der Waals surface area contributed by atoms with E-state index in [4.69, 9.17) is 4.74 Å². The first-order chi connectivity index (χ1) is 16.3. The molecule has 2 saturated heterocycles. The normalized spacial score (nSPS) is 18.0. The van der Waals surface area contributed by atoms with E-state index in [1.807, 2.05) is 4.90 Å². The second kappa shape index (κ2) is 10.6. The number of hydrogen-bond donors (Lipinski definition) is 1. The van der Waals surface area contributed by atoms with Crippen LogP contribution in [0.15, 0.2) is 53.4 Å². The smallest absolute Gasteiger partial charge is 0.253 e. The first kappa shape index (κ1) is 24.3. The summed E-state index contributed by atoms with van der Waals surface area (Å²) in [5.74, 6) is -0.930. The Labute approximate surface area is 198 Å². The Hall–Kier alpha value is -2.86. The van der Waals surface area contributed by atoms with Gasteiger partial charge >= 0.3 is 0 Å². The summed E-state index contributed by atoms with van der Waals surface area (Å²) in [6.45, 7) is 3.21. The minimum absolute atomic E-state index is 0.0907. The summed E-state index contributed by atoms with van der Waals surface area (Å²) < 4.78 is 45.7. The van der Waals surface area contributed by atoms with Crippen molar-refractivity contribution in [3.63, 3.8) is 0 Å². The Kier molecular flexibility index (Phi) is 7.57. The Balaban J connectivity index is 1.33. The number of carbonyl (C=O) groups excluding carboxylic acids is 2. The topological polar surface area (TPSA) is 99.3 Å². The van der Waals surface area contributed by atoms with Crippen molar-refractivity contribution < 1.29 is 27.1 Å². The van der Waals surface area contributed by atoms with Crippen molar-refractivity contribution in [3.05, 3.63) is 59.9 Å². The number of rotatable bonds is 6. The van der Waals surface area contributed by atoms with Crippen LogP contribution in [0.25, 0.3) is 0 Å². The van der Waals surface area contributed by atoms with Crippen molar-refractivity contribution in [2.24, 2.45) is 0 Å². The highest BCUT2D eigenvalue weighted by atomic mass is 32.2. The van der Waals surface area contributed by atoms with Crippen molar-refractivity contribution in [2.75, 3.05) is 64.3 Å². The third-order valence-electron chi connectivity index (χ3n) is 5.82. The Morgan fingerprint density at radius 3 is 2.35 bits per heavy atom. The van der Waals surface area contributed by atoms with Crippen molar-refractivity contribution in [1.82, 2.24) is 14.1 Å². The van der Waals surface area contributed by atoms with Gasteiger partial charge in [-0.05, 0) is 36.4 Å². The van der Waals surface area contributed by atoms with Crippen LogP contribution in [0.2, 0.25) is 0 Å². The lowest BCUT2D eigenvalue weighted by molar-refractivity contribution is -0.117. The van der Waals surface area contributed by atoms with Gasteiger partial charge in [-0.2, -0.15) is 4.31 Å². The van der Waals surface area contributed by atoms with Gasteiger partial charge in [-0.15, -0.1) is 0 Å². The summed E-state index contributed by atoms with van der Waals surface area (Å²) in [6.07, 6.45) is 0. The summed E-state index contributed by atoms with van der Waals surface area (Å²) in [5, 5.41) is 2.67. The fourth-order valence-corrected chi connectivity index (χ4v) is 5.44. The van der Waals surface area contributed by atoms with E-state index < -0.39 is 15.8 Å². The molecule has 2 amide bonds. The molecule has 4 rings (SSSR count). The molecular weight excluding hydrogens is 463 g/mol. The number of amides is 2. The predicted octanol–water partition coefficient (Wildman–Crippen LogP) is 1.24. The summed E-state index contributed by atoms with van der Waals surface area (Å²) >= 11 is 0. The number of nitrogens with zero attached hydrogens (tertiary/aromatic N) is 3. The molecule has 0 unspecified atom stereocenters. The fourth-order valence-electron chi connectivity index (χ4n) is 3.99. The maximum absolute atomic E-state index is 13.3. The third-order valence-corrected chi connectivity index (χ3v) is 7.72. The molecule has 2 heterocycles. The molecular formula is C23H27FN4O5S. The molecule has 0 saturated carbocycles. The number of nitrogens with one attached hydrogen (secondary N) is 1. The van der Waals surface area contributed by atoms with Crippen LogP contribution in [0.5, 0.6) is 0 Å². The Morgan fingerprint density at radius 1 is 0.941 bits per heavy atom. The van der Waals surface area contributed by atoms with Gasteiger partial charge in [-0.25, -0.2) is 12.8 Å². The lowest BCUT2D eigenvalue weighted by Crippen LogP contribution is -2.50. The summed E-state index contributed by atoms with van der Waals surface area (Å²) in [4.78, 5) is 28.9. The Morgan fingerprint density at radius 2 is 1.65 bits per heavy atom. The van der Waals surface area contributed by atoms with Crippen molar-refractivity contribution >= 4 is 27.5 Å². The second-order valence-corrected chi connectivity index (χ2v) is 10.1. The molecule has 2 aromatic rings. The third kappa shape index (κ3) is 5.79. The van der Waals surface area contributed by atoms with E-state index in [9.17, 15) is 22.4 Å². The Bertz CT molecular complexity index is 1150. The van der Waals surface area contributed by atoms with Crippen molar-refractivity contribution in [1.29, 1.82) is 0 Å². The highest BCUT2D eigenvalue weighted by Crippen LogP contribution is 2.20.